The molecule has 0 N–H and O–H groups in total. The second kappa shape index (κ2) is 8.08. The predicted octanol–water partition coefficient (Wildman–Crippen LogP) is 4.58. The fourth-order valence-corrected chi connectivity index (χ4v) is 2.04. The van der Waals surface area contributed by atoms with Crippen molar-refractivity contribution in [2.75, 3.05) is 6.61 Å². The molecule has 1 aromatic rings. The molecule has 0 spiro atoms. The summed E-state index contributed by atoms with van der Waals surface area (Å²) in [5.41, 5.74) is 2.57. The third-order valence-corrected chi connectivity index (χ3v) is 3.41. The van der Waals surface area contributed by atoms with Crippen LogP contribution < -0.4 is 4.74 Å². The van der Waals surface area contributed by atoms with E-state index < -0.39 is 0 Å². The summed E-state index contributed by atoms with van der Waals surface area (Å²) in [6.45, 7) is 11.1. The molecule has 1 aromatic carbocycles. The first kappa shape index (κ1) is 16.7. The van der Waals surface area contributed by atoms with Crippen LogP contribution in [0.1, 0.15) is 51.7 Å². The van der Waals surface area contributed by atoms with Crippen LogP contribution in [0.25, 0.3) is 0 Å². The molecular formula is C18H28O2. The van der Waals surface area contributed by atoms with Crippen molar-refractivity contribution in [2.45, 2.75) is 53.9 Å². The topological polar surface area (TPSA) is 26.3 Å². The zero-order valence-electron chi connectivity index (χ0n) is 13.5. The first-order valence-corrected chi connectivity index (χ1v) is 7.65. The molecule has 0 aliphatic carbocycles. The van der Waals surface area contributed by atoms with E-state index in [2.05, 4.69) is 32.9 Å². The van der Waals surface area contributed by atoms with E-state index in [1.807, 2.05) is 19.9 Å². The van der Waals surface area contributed by atoms with Crippen molar-refractivity contribution in [1.29, 1.82) is 0 Å². The number of ether oxygens (including phenoxy) is 1. The van der Waals surface area contributed by atoms with Gasteiger partial charge in [0.1, 0.15) is 11.5 Å². The maximum atomic E-state index is 11.6. The number of carbonyl (C=O) groups excluding carboxylic acids is 1. The van der Waals surface area contributed by atoms with Gasteiger partial charge in [-0.2, -0.15) is 0 Å². The van der Waals surface area contributed by atoms with Gasteiger partial charge in [-0.3, -0.25) is 4.79 Å². The lowest BCUT2D eigenvalue weighted by atomic mass is 9.98. The zero-order chi connectivity index (χ0) is 15.1. The first-order valence-electron chi connectivity index (χ1n) is 7.65. The van der Waals surface area contributed by atoms with Gasteiger partial charge in [-0.1, -0.05) is 33.8 Å². The summed E-state index contributed by atoms with van der Waals surface area (Å²) in [6.07, 6.45) is 2.58. The van der Waals surface area contributed by atoms with Gasteiger partial charge in [0.15, 0.2) is 0 Å². The minimum absolute atomic E-state index is 0.155. The summed E-state index contributed by atoms with van der Waals surface area (Å²) in [5.74, 6) is 2.00. The van der Waals surface area contributed by atoms with Crippen LogP contribution >= 0.6 is 0 Å². The van der Waals surface area contributed by atoms with Crippen LogP contribution in [0.4, 0.5) is 0 Å². The van der Waals surface area contributed by atoms with Crippen LogP contribution in [0, 0.1) is 18.8 Å². The smallest absolute Gasteiger partial charge is 0.135 e. The van der Waals surface area contributed by atoms with Crippen LogP contribution in [0.3, 0.4) is 0 Å². The number of carbonyl (C=O) groups is 1. The van der Waals surface area contributed by atoms with Gasteiger partial charge >= 0.3 is 0 Å². The molecule has 0 amide bonds. The van der Waals surface area contributed by atoms with Crippen molar-refractivity contribution >= 4 is 5.78 Å². The van der Waals surface area contributed by atoms with Gasteiger partial charge in [0.05, 0.1) is 6.61 Å². The molecular weight excluding hydrogens is 248 g/mol. The molecule has 2 heteroatoms. The molecule has 0 heterocycles. The van der Waals surface area contributed by atoms with E-state index in [1.54, 1.807) is 0 Å². The van der Waals surface area contributed by atoms with E-state index in [4.69, 9.17) is 4.74 Å². The van der Waals surface area contributed by atoms with E-state index in [0.29, 0.717) is 18.1 Å². The van der Waals surface area contributed by atoms with Gasteiger partial charge in [0.2, 0.25) is 0 Å². The molecule has 0 aliphatic rings. The highest BCUT2D eigenvalue weighted by Crippen LogP contribution is 2.20. The van der Waals surface area contributed by atoms with Crippen LogP contribution in [-0.4, -0.2) is 12.4 Å². The summed E-state index contributed by atoms with van der Waals surface area (Å²) in [7, 11) is 0. The van der Waals surface area contributed by atoms with Gasteiger partial charge in [-0.15, -0.1) is 0 Å². The lowest BCUT2D eigenvalue weighted by molar-refractivity contribution is -0.121. The molecule has 1 rings (SSSR count). The van der Waals surface area contributed by atoms with Crippen molar-refractivity contribution < 1.29 is 9.53 Å². The number of rotatable bonds is 8. The molecule has 0 saturated carbocycles. The number of ketones is 1. The normalized spacial score (nSPS) is 11.2. The van der Waals surface area contributed by atoms with Crippen molar-refractivity contribution in [3.05, 3.63) is 29.3 Å². The van der Waals surface area contributed by atoms with Crippen molar-refractivity contribution in [1.82, 2.24) is 0 Å². The van der Waals surface area contributed by atoms with E-state index in [1.165, 1.54) is 11.1 Å². The summed E-state index contributed by atoms with van der Waals surface area (Å²) < 4.78 is 5.72. The molecule has 20 heavy (non-hydrogen) atoms. The fourth-order valence-electron chi connectivity index (χ4n) is 2.04. The molecule has 2 nitrogen and oxygen atoms in total. The second-order valence-corrected chi connectivity index (χ2v) is 6.27. The molecule has 0 unspecified atom stereocenters. The number of hydrogen-bond acceptors (Lipinski definition) is 2. The van der Waals surface area contributed by atoms with Crippen LogP contribution in [0.5, 0.6) is 5.75 Å². The SMILES string of the molecule is Cc1cc(OCC(C)C)ccc1CCCC(=O)C(C)C. The standard InChI is InChI=1S/C18H28O2/c1-13(2)12-20-17-10-9-16(15(5)11-17)7-6-8-18(19)14(3)4/h9-11,13-14H,6-8,12H2,1-5H3. The average molecular weight is 276 g/mol. The zero-order valence-corrected chi connectivity index (χ0v) is 13.5. The lowest BCUT2D eigenvalue weighted by Gasteiger charge is -2.12. The van der Waals surface area contributed by atoms with E-state index in [9.17, 15) is 4.79 Å². The first-order chi connectivity index (χ1) is 9.40. The van der Waals surface area contributed by atoms with Crippen LogP contribution in [0.15, 0.2) is 18.2 Å². The van der Waals surface area contributed by atoms with E-state index in [0.717, 1.165) is 25.2 Å². The highest BCUT2D eigenvalue weighted by Gasteiger charge is 2.08. The molecule has 0 radical (unpaired) electrons. The highest BCUT2D eigenvalue weighted by atomic mass is 16.5. The number of benzene rings is 1. The summed E-state index contributed by atoms with van der Waals surface area (Å²) in [6, 6.07) is 6.27. The molecule has 112 valence electrons. The monoisotopic (exact) mass is 276 g/mol. The van der Waals surface area contributed by atoms with Crippen molar-refractivity contribution in [3.63, 3.8) is 0 Å². The Morgan fingerprint density at radius 3 is 2.45 bits per heavy atom. The van der Waals surface area contributed by atoms with E-state index in [-0.39, 0.29) is 5.92 Å². The Labute approximate surface area is 123 Å². The molecule has 0 atom stereocenters. The summed E-state index contributed by atoms with van der Waals surface area (Å²) in [4.78, 5) is 11.6. The largest absolute Gasteiger partial charge is 0.493 e. The maximum absolute atomic E-state index is 11.6. The number of aryl methyl sites for hydroxylation is 2. The van der Waals surface area contributed by atoms with Gasteiger partial charge < -0.3 is 4.74 Å². The van der Waals surface area contributed by atoms with Gasteiger partial charge in [0.25, 0.3) is 0 Å². The third kappa shape index (κ3) is 5.77. The second-order valence-electron chi connectivity index (χ2n) is 6.27. The van der Waals surface area contributed by atoms with Crippen LogP contribution in [-0.2, 0) is 11.2 Å². The van der Waals surface area contributed by atoms with Gasteiger partial charge in [-0.25, -0.2) is 0 Å². The number of Topliss-reactive ketones (excluding diaryl/α,β-unsaturated/α-hetero) is 1. The van der Waals surface area contributed by atoms with Gasteiger partial charge in [-0.05, 0) is 48.9 Å². The Kier molecular flexibility index (Phi) is 6.77. The minimum Gasteiger partial charge on any atom is -0.493 e. The highest BCUT2D eigenvalue weighted by molar-refractivity contribution is 5.80. The predicted molar refractivity (Wildman–Crippen MR) is 84.3 cm³/mol. The Morgan fingerprint density at radius 1 is 1.20 bits per heavy atom. The van der Waals surface area contributed by atoms with Crippen molar-refractivity contribution in [3.8, 4) is 5.75 Å². The lowest BCUT2D eigenvalue weighted by Crippen LogP contribution is -2.07. The average Bonchev–Trinajstić information content (AvgIpc) is 2.38. The quantitative estimate of drug-likeness (QED) is 0.695. The van der Waals surface area contributed by atoms with E-state index >= 15 is 0 Å². The Hall–Kier alpha value is -1.31. The fraction of sp³-hybridized carbons (Fsp3) is 0.611. The molecule has 0 aliphatic heterocycles. The molecule has 0 aromatic heterocycles. The molecule has 0 saturated heterocycles. The Morgan fingerprint density at radius 2 is 1.90 bits per heavy atom. The van der Waals surface area contributed by atoms with Crippen LogP contribution in [0.2, 0.25) is 0 Å². The molecule has 0 bridgehead atoms. The maximum Gasteiger partial charge on any atom is 0.135 e. The third-order valence-electron chi connectivity index (χ3n) is 3.41. The van der Waals surface area contributed by atoms with Gasteiger partial charge in [0, 0.05) is 12.3 Å². The number of hydrogen-bond donors (Lipinski definition) is 0. The minimum atomic E-state index is 0.155. The van der Waals surface area contributed by atoms with Crippen molar-refractivity contribution in [2.24, 2.45) is 11.8 Å². The summed E-state index contributed by atoms with van der Waals surface area (Å²) in [5, 5.41) is 0. The Balaban J connectivity index is 2.49. The Bertz CT molecular complexity index is 433. The summed E-state index contributed by atoms with van der Waals surface area (Å²) >= 11 is 0. The molecule has 0 fully saturated rings.